The Morgan fingerprint density at radius 1 is 1.41 bits per heavy atom. The predicted molar refractivity (Wildman–Crippen MR) is 62.5 cm³/mol. The van der Waals surface area contributed by atoms with Crippen molar-refractivity contribution < 1.29 is 19.1 Å². The Balaban J connectivity index is 2.65. The van der Waals surface area contributed by atoms with E-state index < -0.39 is 23.7 Å². The van der Waals surface area contributed by atoms with Crippen LogP contribution in [0.4, 0.5) is 4.79 Å². The number of nitrogens with zero attached hydrogens (tertiary/aromatic N) is 1. The van der Waals surface area contributed by atoms with Gasteiger partial charge >= 0.3 is 12.1 Å². The number of ether oxygens (including phenoxy) is 2. The predicted octanol–water partition coefficient (Wildman–Crippen LogP) is 1.72. The lowest BCUT2D eigenvalue weighted by molar-refractivity contribution is -0.146. The van der Waals surface area contributed by atoms with Crippen molar-refractivity contribution in [1.29, 1.82) is 0 Å². The van der Waals surface area contributed by atoms with Crippen LogP contribution >= 0.6 is 0 Å². The number of carbonyl (C=O) groups excluding carboxylic acids is 2. The van der Waals surface area contributed by atoms with Crippen LogP contribution in [0.2, 0.25) is 0 Å². The van der Waals surface area contributed by atoms with Crippen LogP contribution in [-0.4, -0.2) is 41.8 Å². The van der Waals surface area contributed by atoms with Crippen molar-refractivity contribution in [2.24, 2.45) is 0 Å². The third kappa shape index (κ3) is 3.76. The highest BCUT2D eigenvalue weighted by molar-refractivity contribution is 5.84. The molecule has 5 heteroatoms. The van der Waals surface area contributed by atoms with E-state index in [1.165, 1.54) is 4.90 Å². The van der Waals surface area contributed by atoms with Crippen molar-refractivity contribution in [3.8, 4) is 0 Å². The molecule has 0 aliphatic carbocycles. The lowest BCUT2D eigenvalue weighted by atomic mass is 10.2. The molecule has 5 nitrogen and oxygen atoms in total. The summed E-state index contributed by atoms with van der Waals surface area (Å²) >= 11 is 0. The van der Waals surface area contributed by atoms with Crippen LogP contribution in [0.1, 0.15) is 27.7 Å². The van der Waals surface area contributed by atoms with E-state index in [9.17, 15) is 9.59 Å². The summed E-state index contributed by atoms with van der Waals surface area (Å²) < 4.78 is 10.1. The molecule has 1 aliphatic heterocycles. The quantitative estimate of drug-likeness (QED) is 0.545. The monoisotopic (exact) mass is 241 g/mol. The van der Waals surface area contributed by atoms with Gasteiger partial charge in [0.1, 0.15) is 5.60 Å². The molecule has 0 N–H and O–H groups in total. The SMILES string of the molecule is CCOC(=O)C1C=CCN1C(=O)OC(C)(C)C. The highest BCUT2D eigenvalue weighted by Gasteiger charge is 2.34. The summed E-state index contributed by atoms with van der Waals surface area (Å²) in [6.45, 7) is 7.76. The fourth-order valence-corrected chi connectivity index (χ4v) is 1.46. The van der Waals surface area contributed by atoms with Crippen LogP contribution in [-0.2, 0) is 14.3 Å². The molecule has 0 aromatic heterocycles. The molecule has 1 aliphatic rings. The van der Waals surface area contributed by atoms with Gasteiger partial charge in [-0.1, -0.05) is 12.2 Å². The van der Waals surface area contributed by atoms with Gasteiger partial charge in [-0.15, -0.1) is 0 Å². The smallest absolute Gasteiger partial charge is 0.411 e. The van der Waals surface area contributed by atoms with Crippen LogP contribution in [0.5, 0.6) is 0 Å². The van der Waals surface area contributed by atoms with Gasteiger partial charge in [0.2, 0.25) is 0 Å². The molecule has 96 valence electrons. The molecule has 1 rings (SSSR count). The fourth-order valence-electron chi connectivity index (χ4n) is 1.46. The number of amides is 1. The van der Waals surface area contributed by atoms with E-state index in [-0.39, 0.29) is 0 Å². The maximum absolute atomic E-state index is 11.8. The molecule has 0 fully saturated rings. The molecule has 0 bridgehead atoms. The molecule has 0 saturated heterocycles. The molecule has 0 aromatic rings. The summed E-state index contributed by atoms with van der Waals surface area (Å²) in [5, 5.41) is 0. The van der Waals surface area contributed by atoms with E-state index in [4.69, 9.17) is 9.47 Å². The number of hydrogen-bond acceptors (Lipinski definition) is 4. The molecular formula is C12H19NO4. The van der Waals surface area contributed by atoms with Gasteiger partial charge in [0.05, 0.1) is 6.61 Å². The molecule has 1 amide bonds. The first kappa shape index (κ1) is 13.5. The summed E-state index contributed by atoms with van der Waals surface area (Å²) in [6.07, 6.45) is 2.91. The first-order valence-electron chi connectivity index (χ1n) is 5.68. The summed E-state index contributed by atoms with van der Waals surface area (Å²) in [6, 6.07) is -0.662. The zero-order valence-corrected chi connectivity index (χ0v) is 10.7. The lowest BCUT2D eigenvalue weighted by Gasteiger charge is -2.27. The number of hydrogen-bond donors (Lipinski definition) is 0. The maximum atomic E-state index is 11.8. The molecule has 1 atom stereocenters. The normalized spacial score (nSPS) is 19.3. The van der Waals surface area contributed by atoms with Gasteiger partial charge in [0.15, 0.2) is 6.04 Å². The van der Waals surface area contributed by atoms with Crippen LogP contribution < -0.4 is 0 Å². The van der Waals surface area contributed by atoms with E-state index in [0.717, 1.165) is 0 Å². The molecule has 1 heterocycles. The van der Waals surface area contributed by atoms with Crippen LogP contribution in [0, 0.1) is 0 Å². The average molecular weight is 241 g/mol. The molecule has 0 spiro atoms. The molecule has 1 unspecified atom stereocenters. The molecule has 0 saturated carbocycles. The van der Waals surface area contributed by atoms with E-state index in [1.54, 1.807) is 39.8 Å². The van der Waals surface area contributed by atoms with Gasteiger partial charge < -0.3 is 9.47 Å². The van der Waals surface area contributed by atoms with Crippen LogP contribution in [0.25, 0.3) is 0 Å². The second-order valence-corrected chi connectivity index (χ2v) is 4.76. The van der Waals surface area contributed by atoms with Crippen LogP contribution in [0.3, 0.4) is 0 Å². The average Bonchev–Trinajstić information content (AvgIpc) is 2.63. The van der Waals surface area contributed by atoms with Crippen molar-refractivity contribution in [1.82, 2.24) is 4.90 Å². The van der Waals surface area contributed by atoms with Crippen molar-refractivity contribution in [2.75, 3.05) is 13.2 Å². The molecule has 0 aromatic carbocycles. The van der Waals surface area contributed by atoms with E-state index >= 15 is 0 Å². The second-order valence-electron chi connectivity index (χ2n) is 4.76. The van der Waals surface area contributed by atoms with Crippen molar-refractivity contribution >= 4 is 12.1 Å². The first-order chi connectivity index (χ1) is 7.85. The van der Waals surface area contributed by atoms with Gasteiger partial charge in [0.25, 0.3) is 0 Å². The number of esters is 1. The zero-order valence-electron chi connectivity index (χ0n) is 10.7. The largest absolute Gasteiger partial charge is 0.464 e. The summed E-state index contributed by atoms with van der Waals surface area (Å²) in [5.41, 5.74) is -0.571. The Morgan fingerprint density at radius 3 is 2.59 bits per heavy atom. The second kappa shape index (κ2) is 5.21. The minimum Gasteiger partial charge on any atom is -0.464 e. The van der Waals surface area contributed by atoms with Gasteiger partial charge in [-0.2, -0.15) is 0 Å². The summed E-state index contributed by atoms with van der Waals surface area (Å²) in [4.78, 5) is 24.8. The lowest BCUT2D eigenvalue weighted by Crippen LogP contribution is -2.44. The third-order valence-electron chi connectivity index (χ3n) is 2.11. The fraction of sp³-hybridized carbons (Fsp3) is 0.667. The van der Waals surface area contributed by atoms with Gasteiger partial charge in [0, 0.05) is 6.54 Å². The Morgan fingerprint density at radius 2 is 2.06 bits per heavy atom. The Kier molecular flexibility index (Phi) is 4.15. The van der Waals surface area contributed by atoms with E-state index in [2.05, 4.69) is 0 Å². The standard InChI is InChI=1S/C12H19NO4/c1-5-16-10(14)9-7-6-8-13(9)11(15)17-12(2,3)4/h6-7,9H,5,8H2,1-4H3. The Bertz CT molecular complexity index is 330. The molecular weight excluding hydrogens is 222 g/mol. The zero-order chi connectivity index (χ0) is 13.1. The van der Waals surface area contributed by atoms with E-state index in [0.29, 0.717) is 13.2 Å². The highest BCUT2D eigenvalue weighted by atomic mass is 16.6. The molecule has 0 radical (unpaired) electrons. The van der Waals surface area contributed by atoms with Crippen molar-refractivity contribution in [3.05, 3.63) is 12.2 Å². The Hall–Kier alpha value is -1.52. The van der Waals surface area contributed by atoms with Crippen molar-refractivity contribution in [3.63, 3.8) is 0 Å². The minimum atomic E-state index is -0.662. The van der Waals surface area contributed by atoms with Gasteiger partial charge in [-0.25, -0.2) is 9.59 Å². The highest BCUT2D eigenvalue weighted by Crippen LogP contribution is 2.16. The Labute approximate surface area is 101 Å². The minimum absolute atomic E-state index is 0.297. The summed E-state index contributed by atoms with van der Waals surface area (Å²) in [7, 11) is 0. The summed E-state index contributed by atoms with van der Waals surface area (Å²) in [5.74, 6) is -0.424. The number of rotatable bonds is 2. The third-order valence-corrected chi connectivity index (χ3v) is 2.11. The van der Waals surface area contributed by atoms with Gasteiger partial charge in [-0.3, -0.25) is 4.90 Å². The van der Waals surface area contributed by atoms with Crippen LogP contribution in [0.15, 0.2) is 12.2 Å². The van der Waals surface area contributed by atoms with E-state index in [1.807, 2.05) is 0 Å². The topological polar surface area (TPSA) is 55.8 Å². The van der Waals surface area contributed by atoms with Crippen molar-refractivity contribution in [2.45, 2.75) is 39.3 Å². The molecule has 17 heavy (non-hydrogen) atoms. The maximum Gasteiger partial charge on any atom is 0.411 e. The first-order valence-corrected chi connectivity index (χ1v) is 5.68. The van der Waals surface area contributed by atoms with Gasteiger partial charge in [-0.05, 0) is 27.7 Å². The number of carbonyl (C=O) groups is 2.